The van der Waals surface area contributed by atoms with E-state index >= 15 is 0 Å². The molecule has 158 valence electrons. The van der Waals surface area contributed by atoms with Crippen LogP contribution in [0.1, 0.15) is 12.8 Å². The van der Waals surface area contributed by atoms with Gasteiger partial charge in [-0.3, -0.25) is 4.79 Å². The van der Waals surface area contributed by atoms with Crippen LogP contribution in [-0.4, -0.2) is 112 Å². The van der Waals surface area contributed by atoms with E-state index in [-0.39, 0.29) is 32.3 Å². The summed E-state index contributed by atoms with van der Waals surface area (Å²) in [5, 5.41) is 35.7. The van der Waals surface area contributed by atoms with Gasteiger partial charge in [-0.05, 0) is 6.42 Å². The summed E-state index contributed by atoms with van der Waals surface area (Å²) >= 11 is 0. The van der Waals surface area contributed by atoms with Gasteiger partial charge in [0.05, 0.1) is 79.3 Å². The minimum Gasteiger partial charge on any atom is -0.394 e. The third-order valence-corrected chi connectivity index (χ3v) is 2.59. The Morgan fingerprint density at radius 2 is 1.00 bits per heavy atom. The highest BCUT2D eigenvalue weighted by Crippen LogP contribution is 1.93. The molecular formula is C16H35NO9. The lowest BCUT2D eigenvalue weighted by Gasteiger charge is -2.01. The summed E-state index contributed by atoms with van der Waals surface area (Å²) in [5.74, 6) is 0.204. The van der Waals surface area contributed by atoms with Gasteiger partial charge in [0.2, 0.25) is 5.91 Å². The Hall–Kier alpha value is -0.850. The molecule has 0 spiro atoms. The average Bonchev–Trinajstić information content (AvgIpc) is 3.13. The van der Waals surface area contributed by atoms with Crippen LogP contribution in [0.5, 0.6) is 0 Å². The summed E-state index contributed by atoms with van der Waals surface area (Å²) < 4.78 is 19.5. The van der Waals surface area contributed by atoms with Crippen molar-refractivity contribution >= 4 is 5.91 Å². The Bertz CT molecular complexity index is 230. The quantitative estimate of drug-likeness (QED) is 0.212. The first-order chi connectivity index (χ1) is 12.7. The second kappa shape index (κ2) is 26.4. The van der Waals surface area contributed by atoms with Crippen LogP contribution in [0.15, 0.2) is 0 Å². The number of aliphatic hydroxyl groups excluding tert-OH is 4. The highest BCUT2D eigenvalue weighted by Gasteiger charge is 2.05. The molecule has 1 saturated heterocycles. The van der Waals surface area contributed by atoms with Gasteiger partial charge in [-0.1, -0.05) is 0 Å². The Morgan fingerprint density at radius 3 is 1.15 bits per heavy atom. The van der Waals surface area contributed by atoms with Crippen molar-refractivity contribution in [3.05, 3.63) is 0 Å². The van der Waals surface area contributed by atoms with Crippen molar-refractivity contribution in [2.45, 2.75) is 12.8 Å². The summed E-state index contributed by atoms with van der Waals surface area (Å²) in [7, 11) is 0. The van der Waals surface area contributed by atoms with Crippen molar-refractivity contribution in [2.24, 2.45) is 0 Å². The van der Waals surface area contributed by atoms with Crippen LogP contribution < -0.4 is 5.32 Å². The molecule has 1 aliphatic rings. The van der Waals surface area contributed by atoms with E-state index in [4.69, 9.17) is 39.4 Å². The first-order valence-corrected chi connectivity index (χ1v) is 8.74. The molecule has 0 saturated carbocycles. The fourth-order valence-corrected chi connectivity index (χ4v) is 1.47. The fraction of sp³-hybridized carbons (Fsp3) is 0.938. The van der Waals surface area contributed by atoms with Gasteiger partial charge in [0.25, 0.3) is 0 Å². The van der Waals surface area contributed by atoms with E-state index in [1.54, 1.807) is 0 Å². The predicted molar refractivity (Wildman–Crippen MR) is 93.9 cm³/mol. The molecule has 10 heteroatoms. The second-order valence-electron chi connectivity index (χ2n) is 4.80. The van der Waals surface area contributed by atoms with E-state index in [2.05, 4.69) is 5.32 Å². The Balaban J connectivity index is 0. The molecule has 5 N–H and O–H groups in total. The van der Waals surface area contributed by atoms with Gasteiger partial charge in [-0.2, -0.15) is 0 Å². The van der Waals surface area contributed by atoms with Gasteiger partial charge in [-0.15, -0.1) is 0 Å². The third kappa shape index (κ3) is 28.0. The van der Waals surface area contributed by atoms with Gasteiger partial charge in [0.1, 0.15) is 0 Å². The maximum atomic E-state index is 10.1. The molecular weight excluding hydrogens is 350 g/mol. The van der Waals surface area contributed by atoms with E-state index in [0.29, 0.717) is 52.9 Å². The topological polar surface area (TPSA) is 147 Å². The summed E-state index contributed by atoms with van der Waals surface area (Å²) in [4.78, 5) is 10.1. The van der Waals surface area contributed by atoms with Gasteiger partial charge in [0.15, 0.2) is 0 Å². The fourth-order valence-electron chi connectivity index (χ4n) is 1.47. The SMILES string of the molecule is O=C1CCCN1.OCCOCCOCCO.OCCOCCOCCO. The third-order valence-electron chi connectivity index (χ3n) is 2.59. The number of aliphatic hydroxyl groups is 4. The van der Waals surface area contributed by atoms with Crippen LogP contribution >= 0.6 is 0 Å². The summed E-state index contributed by atoms with van der Waals surface area (Å²) in [6, 6.07) is 0. The standard InChI is InChI=1S/2C6H14O4.C4H7NO/c2*7-1-3-9-5-6-10-4-2-8;6-4-2-1-3-5-4/h2*7-8H,1-6H2;1-3H2,(H,5,6). The lowest BCUT2D eigenvalue weighted by Crippen LogP contribution is -2.12. The Kier molecular flexibility index (Phi) is 27.8. The van der Waals surface area contributed by atoms with Crippen molar-refractivity contribution in [1.82, 2.24) is 5.32 Å². The molecule has 0 bridgehead atoms. The molecule has 1 amide bonds. The van der Waals surface area contributed by atoms with Gasteiger partial charge in [-0.25, -0.2) is 0 Å². The van der Waals surface area contributed by atoms with E-state index < -0.39 is 0 Å². The molecule has 0 aromatic heterocycles. The highest BCUT2D eigenvalue weighted by molar-refractivity contribution is 5.77. The average molecular weight is 385 g/mol. The van der Waals surface area contributed by atoms with Crippen LogP contribution in [0.4, 0.5) is 0 Å². The molecule has 1 aliphatic heterocycles. The monoisotopic (exact) mass is 385 g/mol. The minimum atomic E-state index is 0.0417. The number of carbonyl (C=O) groups excluding carboxylic acids is 1. The molecule has 1 heterocycles. The summed E-state index contributed by atoms with van der Waals surface area (Å²) in [6.07, 6.45) is 1.76. The van der Waals surface area contributed by atoms with Crippen molar-refractivity contribution < 1.29 is 44.2 Å². The van der Waals surface area contributed by atoms with Crippen LogP contribution in [-0.2, 0) is 23.7 Å². The van der Waals surface area contributed by atoms with Crippen molar-refractivity contribution in [3.8, 4) is 0 Å². The largest absolute Gasteiger partial charge is 0.394 e. The predicted octanol–water partition coefficient (Wildman–Crippen LogP) is -2.10. The molecule has 0 unspecified atom stereocenters. The maximum absolute atomic E-state index is 10.1. The minimum absolute atomic E-state index is 0.0417. The van der Waals surface area contributed by atoms with Crippen molar-refractivity contribution in [2.75, 3.05) is 85.8 Å². The number of hydrogen-bond donors (Lipinski definition) is 5. The highest BCUT2D eigenvalue weighted by atomic mass is 16.5. The second-order valence-corrected chi connectivity index (χ2v) is 4.80. The van der Waals surface area contributed by atoms with Gasteiger partial charge >= 0.3 is 0 Å². The zero-order chi connectivity index (χ0) is 19.7. The van der Waals surface area contributed by atoms with Crippen LogP contribution in [0, 0.1) is 0 Å². The number of amides is 1. The molecule has 0 radical (unpaired) electrons. The molecule has 0 aromatic rings. The van der Waals surface area contributed by atoms with Gasteiger partial charge < -0.3 is 44.7 Å². The normalized spacial score (nSPS) is 12.7. The molecule has 26 heavy (non-hydrogen) atoms. The van der Waals surface area contributed by atoms with Crippen LogP contribution in [0.3, 0.4) is 0 Å². The maximum Gasteiger partial charge on any atom is 0.220 e. The molecule has 0 aromatic carbocycles. The van der Waals surface area contributed by atoms with Gasteiger partial charge in [0, 0.05) is 13.0 Å². The lowest BCUT2D eigenvalue weighted by atomic mass is 10.4. The zero-order valence-electron chi connectivity index (χ0n) is 15.4. The number of hydrogen-bond acceptors (Lipinski definition) is 9. The summed E-state index contributed by atoms with van der Waals surface area (Å²) in [6.45, 7) is 4.34. The van der Waals surface area contributed by atoms with Crippen molar-refractivity contribution in [1.29, 1.82) is 0 Å². The molecule has 0 aliphatic carbocycles. The van der Waals surface area contributed by atoms with Crippen LogP contribution in [0.2, 0.25) is 0 Å². The molecule has 1 fully saturated rings. The number of rotatable bonds is 14. The van der Waals surface area contributed by atoms with E-state index in [1.165, 1.54) is 0 Å². The summed E-state index contributed by atoms with van der Waals surface area (Å²) in [5.41, 5.74) is 0. The Morgan fingerprint density at radius 1 is 0.654 bits per heavy atom. The number of carbonyl (C=O) groups is 1. The smallest absolute Gasteiger partial charge is 0.220 e. The lowest BCUT2D eigenvalue weighted by molar-refractivity contribution is -0.119. The number of ether oxygens (including phenoxy) is 4. The zero-order valence-corrected chi connectivity index (χ0v) is 15.4. The van der Waals surface area contributed by atoms with E-state index in [1.807, 2.05) is 0 Å². The van der Waals surface area contributed by atoms with Crippen LogP contribution in [0.25, 0.3) is 0 Å². The number of nitrogens with one attached hydrogen (secondary N) is 1. The molecule has 0 atom stereocenters. The first-order valence-electron chi connectivity index (χ1n) is 8.74. The molecule has 10 nitrogen and oxygen atoms in total. The molecule has 1 rings (SSSR count). The van der Waals surface area contributed by atoms with Crippen molar-refractivity contribution in [3.63, 3.8) is 0 Å². The van der Waals surface area contributed by atoms with E-state index in [0.717, 1.165) is 19.4 Å². The Labute approximate surface area is 155 Å². The first kappa shape index (κ1) is 27.4. The van der Waals surface area contributed by atoms with E-state index in [9.17, 15) is 4.79 Å².